The number of carbonyl (C=O) groups excluding carboxylic acids is 1. The Balaban J connectivity index is 2.17. The highest BCUT2D eigenvalue weighted by atomic mass is 16.5. The first-order valence-electron chi connectivity index (χ1n) is 5.45. The van der Waals surface area contributed by atoms with Gasteiger partial charge in [-0.3, -0.25) is 9.48 Å². The molecule has 1 aliphatic rings. The molecular formula is C12H16N2O2. The van der Waals surface area contributed by atoms with Gasteiger partial charge in [0.15, 0.2) is 5.76 Å². The molecule has 0 N–H and O–H groups in total. The zero-order valence-electron chi connectivity index (χ0n) is 9.91. The molecule has 0 saturated heterocycles. The minimum atomic E-state index is 0.0525. The summed E-state index contributed by atoms with van der Waals surface area (Å²) in [7, 11) is 1.89. The normalized spacial score (nSPS) is 14.8. The third-order valence-corrected chi connectivity index (χ3v) is 2.98. The van der Waals surface area contributed by atoms with Crippen molar-refractivity contribution in [3.05, 3.63) is 28.8 Å². The topological polar surface area (TPSA) is 44.1 Å². The van der Waals surface area contributed by atoms with E-state index in [2.05, 4.69) is 5.10 Å². The van der Waals surface area contributed by atoms with Crippen LogP contribution in [0.5, 0.6) is 0 Å². The molecular weight excluding hydrogens is 204 g/mol. The van der Waals surface area contributed by atoms with Gasteiger partial charge in [-0.1, -0.05) is 0 Å². The fraction of sp³-hybridized carbons (Fsp3) is 0.500. The van der Waals surface area contributed by atoms with Crippen molar-refractivity contribution in [1.29, 1.82) is 0 Å². The van der Waals surface area contributed by atoms with Crippen LogP contribution in [0.4, 0.5) is 0 Å². The van der Waals surface area contributed by atoms with E-state index < -0.39 is 0 Å². The molecule has 86 valence electrons. The Hall–Kier alpha value is -1.58. The first-order valence-corrected chi connectivity index (χ1v) is 5.45. The van der Waals surface area contributed by atoms with Crippen molar-refractivity contribution >= 4 is 5.78 Å². The van der Waals surface area contributed by atoms with E-state index >= 15 is 0 Å². The van der Waals surface area contributed by atoms with Gasteiger partial charge in [-0.25, -0.2) is 0 Å². The van der Waals surface area contributed by atoms with Crippen LogP contribution in [0, 0.1) is 13.8 Å². The Labute approximate surface area is 94.9 Å². The third-order valence-electron chi connectivity index (χ3n) is 2.98. The predicted molar refractivity (Wildman–Crippen MR) is 60.0 cm³/mol. The van der Waals surface area contributed by atoms with E-state index in [4.69, 9.17) is 4.74 Å². The summed E-state index contributed by atoms with van der Waals surface area (Å²) in [5.74, 6) is 0.569. The highest BCUT2D eigenvalue weighted by Crippen LogP contribution is 2.17. The number of aromatic nitrogens is 2. The van der Waals surface area contributed by atoms with Gasteiger partial charge < -0.3 is 4.74 Å². The number of hydrogen-bond acceptors (Lipinski definition) is 3. The average molecular weight is 220 g/mol. The number of Topliss-reactive ketones (excluding diaryl/α,β-unsaturated/α-hetero) is 1. The van der Waals surface area contributed by atoms with E-state index in [-0.39, 0.29) is 5.78 Å². The molecule has 0 saturated carbocycles. The molecule has 0 spiro atoms. The molecule has 0 amide bonds. The summed E-state index contributed by atoms with van der Waals surface area (Å²) in [6, 6.07) is 0. The highest BCUT2D eigenvalue weighted by Gasteiger charge is 2.19. The smallest absolute Gasteiger partial charge is 0.201 e. The first-order chi connectivity index (χ1) is 7.59. The van der Waals surface area contributed by atoms with Crippen molar-refractivity contribution in [2.24, 2.45) is 7.05 Å². The lowest BCUT2D eigenvalue weighted by atomic mass is 10.1. The van der Waals surface area contributed by atoms with Gasteiger partial charge in [-0.05, 0) is 19.9 Å². The summed E-state index contributed by atoms with van der Waals surface area (Å²) in [5, 5.41) is 4.29. The maximum Gasteiger partial charge on any atom is 0.201 e. The average Bonchev–Trinajstić information content (AvgIpc) is 2.83. The number of nitrogens with zero attached hydrogens (tertiary/aromatic N) is 2. The zero-order valence-corrected chi connectivity index (χ0v) is 9.91. The molecule has 16 heavy (non-hydrogen) atoms. The summed E-state index contributed by atoms with van der Waals surface area (Å²) in [5.41, 5.74) is 2.99. The maximum absolute atomic E-state index is 11.9. The summed E-state index contributed by atoms with van der Waals surface area (Å²) in [6.45, 7) is 4.54. The Bertz CT molecular complexity index is 458. The molecule has 0 aliphatic carbocycles. The molecule has 1 aliphatic heterocycles. The Morgan fingerprint density at radius 2 is 2.31 bits per heavy atom. The molecule has 2 heterocycles. The van der Waals surface area contributed by atoms with Gasteiger partial charge in [0.05, 0.1) is 12.3 Å². The monoisotopic (exact) mass is 220 g/mol. The van der Waals surface area contributed by atoms with Crippen LogP contribution < -0.4 is 0 Å². The molecule has 4 heteroatoms. The van der Waals surface area contributed by atoms with Crippen LogP contribution in [0.3, 0.4) is 0 Å². The first kappa shape index (κ1) is 10.9. The Morgan fingerprint density at radius 1 is 1.56 bits per heavy atom. The van der Waals surface area contributed by atoms with Crippen molar-refractivity contribution in [3.8, 4) is 0 Å². The van der Waals surface area contributed by atoms with Crippen LogP contribution in [0.25, 0.3) is 0 Å². The van der Waals surface area contributed by atoms with E-state index in [1.807, 2.05) is 31.7 Å². The Morgan fingerprint density at radius 3 is 2.81 bits per heavy atom. The van der Waals surface area contributed by atoms with Crippen LogP contribution in [0.1, 0.15) is 23.4 Å². The zero-order chi connectivity index (χ0) is 11.7. The third kappa shape index (κ3) is 1.87. The second-order valence-corrected chi connectivity index (χ2v) is 4.08. The van der Waals surface area contributed by atoms with Gasteiger partial charge in [0.25, 0.3) is 0 Å². The van der Waals surface area contributed by atoms with Crippen molar-refractivity contribution in [2.75, 3.05) is 6.61 Å². The fourth-order valence-electron chi connectivity index (χ4n) is 1.93. The highest BCUT2D eigenvalue weighted by molar-refractivity contribution is 5.95. The van der Waals surface area contributed by atoms with Crippen LogP contribution >= 0.6 is 0 Å². The molecule has 4 nitrogen and oxygen atoms in total. The lowest BCUT2D eigenvalue weighted by molar-refractivity contribution is -0.117. The van der Waals surface area contributed by atoms with Gasteiger partial charge in [0, 0.05) is 31.1 Å². The van der Waals surface area contributed by atoms with Gasteiger partial charge in [-0.15, -0.1) is 0 Å². The standard InChI is InChI=1S/C12H16N2O2/c1-8-10(9(2)14(3)13-8)7-11(15)12-5-4-6-16-12/h5H,4,6-7H2,1-3H3. The van der Waals surface area contributed by atoms with E-state index in [1.165, 1.54) is 0 Å². The summed E-state index contributed by atoms with van der Waals surface area (Å²) >= 11 is 0. The predicted octanol–water partition coefficient (Wildman–Crippen LogP) is 1.45. The van der Waals surface area contributed by atoms with E-state index in [0.717, 1.165) is 23.4 Å². The molecule has 1 aromatic rings. The van der Waals surface area contributed by atoms with Gasteiger partial charge in [0.2, 0.25) is 5.78 Å². The van der Waals surface area contributed by atoms with Crippen molar-refractivity contribution in [2.45, 2.75) is 26.7 Å². The van der Waals surface area contributed by atoms with E-state index in [1.54, 1.807) is 0 Å². The van der Waals surface area contributed by atoms with Gasteiger partial charge in [0.1, 0.15) is 0 Å². The number of allylic oxidation sites excluding steroid dienone is 1. The van der Waals surface area contributed by atoms with E-state index in [9.17, 15) is 4.79 Å². The molecule has 1 aromatic heterocycles. The SMILES string of the molecule is Cc1nn(C)c(C)c1CC(=O)C1=CCCO1. The van der Waals surface area contributed by atoms with E-state index in [0.29, 0.717) is 18.8 Å². The quantitative estimate of drug-likeness (QED) is 0.774. The van der Waals surface area contributed by atoms with Crippen LogP contribution in [0.2, 0.25) is 0 Å². The van der Waals surface area contributed by atoms with Gasteiger partial charge in [-0.2, -0.15) is 5.10 Å². The maximum atomic E-state index is 11.9. The second-order valence-electron chi connectivity index (χ2n) is 4.08. The molecule has 0 radical (unpaired) electrons. The molecule has 0 aromatic carbocycles. The number of aryl methyl sites for hydroxylation is 2. The molecule has 0 bridgehead atoms. The van der Waals surface area contributed by atoms with Crippen molar-refractivity contribution < 1.29 is 9.53 Å². The number of ether oxygens (including phenoxy) is 1. The minimum absolute atomic E-state index is 0.0525. The van der Waals surface area contributed by atoms with Crippen LogP contribution in [0.15, 0.2) is 11.8 Å². The van der Waals surface area contributed by atoms with Crippen molar-refractivity contribution in [3.63, 3.8) is 0 Å². The largest absolute Gasteiger partial charge is 0.490 e. The lowest BCUT2D eigenvalue weighted by Crippen LogP contribution is -2.08. The Kier molecular flexibility index (Phi) is 2.81. The van der Waals surface area contributed by atoms with Crippen LogP contribution in [-0.2, 0) is 23.0 Å². The molecule has 0 unspecified atom stereocenters. The molecule has 0 atom stereocenters. The number of rotatable bonds is 3. The molecule has 0 fully saturated rings. The molecule has 2 rings (SSSR count). The number of ketones is 1. The summed E-state index contributed by atoms with van der Waals surface area (Å²) in [6.07, 6.45) is 3.09. The minimum Gasteiger partial charge on any atom is -0.490 e. The fourth-order valence-corrected chi connectivity index (χ4v) is 1.93. The summed E-state index contributed by atoms with van der Waals surface area (Å²) in [4.78, 5) is 11.9. The number of carbonyl (C=O) groups is 1. The lowest BCUT2D eigenvalue weighted by Gasteiger charge is -2.03. The second kappa shape index (κ2) is 4.12. The summed E-state index contributed by atoms with van der Waals surface area (Å²) < 4.78 is 7.07. The number of hydrogen-bond donors (Lipinski definition) is 0. The van der Waals surface area contributed by atoms with Crippen LogP contribution in [-0.4, -0.2) is 22.2 Å². The van der Waals surface area contributed by atoms with Crippen molar-refractivity contribution in [1.82, 2.24) is 9.78 Å². The van der Waals surface area contributed by atoms with Gasteiger partial charge >= 0.3 is 0 Å².